The molecule has 1 aliphatic heterocycles. The number of fused-ring (bicyclic) bond motifs is 1. The molecular weight excluding hydrogens is 342 g/mol. The Labute approximate surface area is 157 Å². The predicted molar refractivity (Wildman–Crippen MR) is 102 cm³/mol. The maximum Gasteiger partial charge on any atom is 0.259 e. The Morgan fingerprint density at radius 2 is 1.63 bits per heavy atom. The van der Waals surface area contributed by atoms with Crippen LogP contribution in [-0.4, -0.2) is 21.9 Å². The second kappa shape index (κ2) is 5.98. The molecule has 0 saturated heterocycles. The number of carbonyl (C=O) groups excluding carboxylic acids is 2. The molecule has 4 rings (SSSR count). The lowest BCUT2D eigenvalue weighted by molar-refractivity contribution is -0.118. The molecule has 0 bridgehead atoms. The van der Waals surface area contributed by atoms with Gasteiger partial charge in [0.2, 0.25) is 0 Å². The fourth-order valence-corrected chi connectivity index (χ4v) is 4.09. The molecule has 1 aliphatic carbocycles. The summed E-state index contributed by atoms with van der Waals surface area (Å²) in [5.41, 5.74) is 1.78. The highest BCUT2D eigenvalue weighted by Gasteiger charge is 2.45. The highest BCUT2D eigenvalue weighted by atomic mass is 16.3. The molecule has 2 aromatic rings. The van der Waals surface area contributed by atoms with E-state index in [1.54, 1.807) is 24.3 Å². The number of aliphatic hydroxyl groups is 1. The van der Waals surface area contributed by atoms with E-state index in [1.165, 1.54) is 17.0 Å². The maximum atomic E-state index is 13.1. The van der Waals surface area contributed by atoms with Crippen LogP contribution >= 0.6 is 0 Å². The summed E-state index contributed by atoms with van der Waals surface area (Å²) in [5.74, 6) is -0.215. The van der Waals surface area contributed by atoms with Crippen LogP contribution in [0.4, 0.5) is 5.69 Å². The van der Waals surface area contributed by atoms with Crippen molar-refractivity contribution in [3.05, 3.63) is 71.0 Å². The molecule has 0 spiro atoms. The van der Waals surface area contributed by atoms with Crippen LogP contribution in [0, 0.1) is 5.41 Å². The van der Waals surface area contributed by atoms with E-state index in [9.17, 15) is 19.8 Å². The van der Waals surface area contributed by atoms with Gasteiger partial charge in [-0.05, 0) is 41.3 Å². The van der Waals surface area contributed by atoms with Gasteiger partial charge in [0.25, 0.3) is 5.91 Å². The summed E-state index contributed by atoms with van der Waals surface area (Å²) in [5, 5.41) is 20.3. The Kier molecular flexibility index (Phi) is 3.84. The second-order valence-electron chi connectivity index (χ2n) is 7.98. The van der Waals surface area contributed by atoms with E-state index in [0.717, 1.165) is 0 Å². The number of phenolic OH excluding ortho intramolecular Hbond substituents is 1. The molecule has 1 atom stereocenters. The number of Topliss-reactive ketones (excluding diaryl/α,β-unsaturated/α-hetero) is 1. The van der Waals surface area contributed by atoms with Crippen LogP contribution in [0.2, 0.25) is 0 Å². The summed E-state index contributed by atoms with van der Waals surface area (Å²) in [6, 6.07) is 12.8. The molecule has 0 radical (unpaired) electrons. The van der Waals surface area contributed by atoms with Gasteiger partial charge in [-0.15, -0.1) is 0 Å². The standard InChI is InChI=1S/C22H21NO4/c1-22(2)11-17(25)19(18(26)12-22)20-15-5-3-4-6-16(15)21(27)23(20)13-7-9-14(24)10-8-13/h3-10,20,24-25H,11-12H2,1-2H3. The summed E-state index contributed by atoms with van der Waals surface area (Å²) in [6.45, 7) is 3.90. The molecular formula is C22H21NO4. The van der Waals surface area contributed by atoms with E-state index in [2.05, 4.69) is 0 Å². The molecule has 5 heteroatoms. The van der Waals surface area contributed by atoms with Crippen molar-refractivity contribution in [2.75, 3.05) is 4.90 Å². The Morgan fingerprint density at radius 1 is 0.963 bits per heavy atom. The monoisotopic (exact) mass is 363 g/mol. The lowest BCUT2D eigenvalue weighted by Gasteiger charge is -2.34. The number of aromatic hydroxyl groups is 1. The third-order valence-corrected chi connectivity index (χ3v) is 5.26. The fourth-order valence-electron chi connectivity index (χ4n) is 4.09. The average Bonchev–Trinajstić information content (AvgIpc) is 2.87. The van der Waals surface area contributed by atoms with Crippen LogP contribution in [0.15, 0.2) is 59.9 Å². The van der Waals surface area contributed by atoms with Gasteiger partial charge < -0.3 is 10.2 Å². The van der Waals surface area contributed by atoms with E-state index >= 15 is 0 Å². The summed E-state index contributed by atoms with van der Waals surface area (Å²) in [6.07, 6.45) is 0.715. The molecule has 1 heterocycles. The van der Waals surface area contributed by atoms with Gasteiger partial charge in [0.1, 0.15) is 11.5 Å². The van der Waals surface area contributed by atoms with Crippen LogP contribution in [-0.2, 0) is 4.79 Å². The summed E-state index contributed by atoms with van der Waals surface area (Å²) in [4.78, 5) is 27.6. The Hall–Kier alpha value is -3.08. The topological polar surface area (TPSA) is 77.8 Å². The average molecular weight is 363 g/mol. The van der Waals surface area contributed by atoms with Crippen molar-refractivity contribution in [1.82, 2.24) is 0 Å². The highest BCUT2D eigenvalue weighted by Crippen LogP contribution is 2.47. The van der Waals surface area contributed by atoms with Gasteiger partial charge in [-0.25, -0.2) is 0 Å². The van der Waals surface area contributed by atoms with Crippen molar-refractivity contribution in [3.8, 4) is 5.75 Å². The van der Waals surface area contributed by atoms with Gasteiger partial charge in [-0.1, -0.05) is 32.0 Å². The Morgan fingerprint density at radius 3 is 2.30 bits per heavy atom. The third kappa shape index (κ3) is 2.79. The molecule has 2 aromatic carbocycles. The smallest absolute Gasteiger partial charge is 0.259 e. The summed E-state index contributed by atoms with van der Waals surface area (Å²) in [7, 11) is 0. The number of hydrogen-bond acceptors (Lipinski definition) is 4. The van der Waals surface area contributed by atoms with Gasteiger partial charge in [0.05, 0.1) is 11.6 Å². The number of hydrogen-bond donors (Lipinski definition) is 2. The van der Waals surface area contributed by atoms with Crippen LogP contribution < -0.4 is 4.90 Å². The number of nitrogens with zero attached hydrogens (tertiary/aromatic N) is 1. The van der Waals surface area contributed by atoms with E-state index in [1.807, 2.05) is 26.0 Å². The Balaban J connectivity index is 1.91. The zero-order chi connectivity index (χ0) is 19.3. The zero-order valence-corrected chi connectivity index (χ0v) is 15.3. The third-order valence-electron chi connectivity index (χ3n) is 5.26. The lowest BCUT2D eigenvalue weighted by Crippen LogP contribution is -2.35. The minimum Gasteiger partial charge on any atom is -0.512 e. The maximum absolute atomic E-state index is 13.1. The normalized spacial score (nSPS) is 21.6. The molecule has 1 amide bonds. The first-order valence-electron chi connectivity index (χ1n) is 8.95. The number of carbonyl (C=O) groups is 2. The molecule has 138 valence electrons. The van der Waals surface area contributed by atoms with Crippen LogP contribution in [0.3, 0.4) is 0 Å². The number of rotatable bonds is 2. The van der Waals surface area contributed by atoms with Crippen LogP contribution in [0.5, 0.6) is 5.75 Å². The molecule has 1 unspecified atom stereocenters. The first-order valence-corrected chi connectivity index (χ1v) is 8.95. The Bertz CT molecular complexity index is 972. The molecule has 2 N–H and O–H groups in total. The van der Waals surface area contributed by atoms with Crippen LogP contribution in [0.1, 0.15) is 48.7 Å². The number of amides is 1. The summed E-state index contributed by atoms with van der Waals surface area (Å²) < 4.78 is 0. The van der Waals surface area contributed by atoms with E-state index < -0.39 is 6.04 Å². The summed E-state index contributed by atoms with van der Waals surface area (Å²) >= 11 is 0. The van der Waals surface area contributed by atoms with E-state index in [4.69, 9.17) is 0 Å². The lowest BCUT2D eigenvalue weighted by atomic mass is 9.74. The largest absolute Gasteiger partial charge is 0.512 e. The van der Waals surface area contributed by atoms with Crippen LogP contribution in [0.25, 0.3) is 0 Å². The fraction of sp³-hybridized carbons (Fsp3) is 0.273. The number of aliphatic hydroxyl groups excluding tert-OH is 1. The number of ketones is 1. The van der Waals surface area contributed by atoms with Crippen molar-refractivity contribution in [2.24, 2.45) is 5.41 Å². The number of allylic oxidation sites excluding steroid dienone is 1. The number of phenols is 1. The molecule has 0 saturated carbocycles. The first-order chi connectivity index (χ1) is 12.8. The zero-order valence-electron chi connectivity index (χ0n) is 15.3. The number of anilines is 1. The molecule has 5 nitrogen and oxygen atoms in total. The van der Waals surface area contributed by atoms with Gasteiger partial charge in [-0.3, -0.25) is 14.5 Å². The predicted octanol–water partition coefficient (Wildman–Crippen LogP) is 4.29. The van der Waals surface area contributed by atoms with E-state index in [0.29, 0.717) is 35.2 Å². The minimum atomic E-state index is -0.665. The van der Waals surface area contributed by atoms with E-state index in [-0.39, 0.29) is 28.6 Å². The molecule has 0 aromatic heterocycles. The van der Waals surface area contributed by atoms with Crippen molar-refractivity contribution in [3.63, 3.8) is 0 Å². The molecule has 27 heavy (non-hydrogen) atoms. The van der Waals surface area contributed by atoms with Gasteiger partial charge in [-0.2, -0.15) is 0 Å². The highest BCUT2D eigenvalue weighted by molar-refractivity contribution is 6.14. The van der Waals surface area contributed by atoms with Crippen molar-refractivity contribution in [1.29, 1.82) is 0 Å². The second-order valence-corrected chi connectivity index (χ2v) is 7.98. The SMILES string of the molecule is CC1(C)CC(=O)C(C2c3ccccc3C(=O)N2c2ccc(O)cc2)=C(O)C1. The van der Waals surface area contributed by atoms with Crippen molar-refractivity contribution in [2.45, 2.75) is 32.7 Å². The minimum absolute atomic E-state index is 0.0505. The van der Waals surface area contributed by atoms with Gasteiger partial charge in [0, 0.05) is 24.1 Å². The van der Waals surface area contributed by atoms with Gasteiger partial charge >= 0.3 is 0 Å². The molecule has 0 fully saturated rings. The van der Waals surface area contributed by atoms with Gasteiger partial charge in [0.15, 0.2) is 5.78 Å². The first kappa shape index (κ1) is 17.3. The quantitative estimate of drug-likeness (QED) is 0.834. The van der Waals surface area contributed by atoms with Crippen molar-refractivity contribution < 1.29 is 19.8 Å². The molecule has 2 aliphatic rings. The number of benzene rings is 2. The van der Waals surface area contributed by atoms with Crippen molar-refractivity contribution >= 4 is 17.4 Å².